The lowest BCUT2D eigenvalue weighted by Gasteiger charge is -2.28. The number of hydrogen-bond acceptors (Lipinski definition) is 5. The number of hydrogen-bond donors (Lipinski definition) is 2. The number of allylic oxidation sites excluding steroid dienone is 1. The zero-order chi connectivity index (χ0) is 30.1. The molecule has 0 atom stereocenters. The minimum atomic E-state index is -0.862. The number of benzene rings is 2. The summed E-state index contributed by atoms with van der Waals surface area (Å²) in [5.41, 5.74) is 11.0. The molecule has 8 nitrogen and oxygen atoms in total. The fraction of sp³-hybridized carbons (Fsp3) is 0.281. The summed E-state index contributed by atoms with van der Waals surface area (Å²) in [6.45, 7) is 13.1. The highest BCUT2D eigenvalue weighted by atomic mass is 19.1. The Morgan fingerprint density at radius 1 is 1.19 bits per heavy atom. The lowest BCUT2D eigenvalue weighted by molar-refractivity contribution is 0.259. The normalized spacial score (nSPS) is 12.8. The molecule has 0 radical (unpaired) electrons. The summed E-state index contributed by atoms with van der Waals surface area (Å²) in [5.74, 6) is 0.0922. The van der Waals surface area contributed by atoms with Gasteiger partial charge >= 0.3 is 6.03 Å². The van der Waals surface area contributed by atoms with Crippen molar-refractivity contribution >= 4 is 23.1 Å². The molecular weight excluding hydrogens is 538 g/mol. The number of rotatable bonds is 8. The van der Waals surface area contributed by atoms with Gasteiger partial charge in [-0.1, -0.05) is 38.6 Å². The van der Waals surface area contributed by atoms with Gasteiger partial charge in [0.15, 0.2) is 11.6 Å². The van der Waals surface area contributed by atoms with Gasteiger partial charge in [-0.2, -0.15) is 5.10 Å². The van der Waals surface area contributed by atoms with E-state index in [2.05, 4.69) is 30.7 Å². The Balaban J connectivity index is 1.67. The van der Waals surface area contributed by atoms with E-state index in [1.807, 2.05) is 30.0 Å². The molecule has 0 unspecified atom stereocenters. The number of urea groups is 1. The van der Waals surface area contributed by atoms with Crippen molar-refractivity contribution in [2.24, 2.45) is 11.7 Å². The summed E-state index contributed by atoms with van der Waals surface area (Å²) in [6, 6.07) is 10.9. The molecule has 42 heavy (non-hydrogen) atoms. The van der Waals surface area contributed by atoms with Crippen LogP contribution in [-0.4, -0.2) is 33.9 Å². The molecule has 0 aliphatic carbocycles. The predicted molar refractivity (Wildman–Crippen MR) is 161 cm³/mol. The van der Waals surface area contributed by atoms with Crippen molar-refractivity contribution in [3.63, 3.8) is 0 Å². The molecule has 0 bridgehead atoms. The maximum Gasteiger partial charge on any atom is 0.316 e. The zero-order valence-corrected chi connectivity index (χ0v) is 24.2. The summed E-state index contributed by atoms with van der Waals surface area (Å²) in [6.07, 6.45) is 2.14. The second kappa shape index (κ2) is 11.6. The minimum Gasteiger partial charge on any atom is -0.491 e. The first-order valence-corrected chi connectivity index (χ1v) is 13.8. The molecular formula is C32H34F2N6O2. The average molecular weight is 573 g/mol. The van der Waals surface area contributed by atoms with E-state index in [1.165, 1.54) is 18.2 Å². The van der Waals surface area contributed by atoms with E-state index >= 15 is 8.78 Å². The molecule has 0 saturated carbocycles. The number of carbonyl (C=O) groups excluding carboxylic acids is 1. The van der Waals surface area contributed by atoms with Gasteiger partial charge in [-0.05, 0) is 60.7 Å². The largest absolute Gasteiger partial charge is 0.491 e. The van der Waals surface area contributed by atoms with Crippen LogP contribution in [0.2, 0.25) is 0 Å². The van der Waals surface area contributed by atoms with Crippen LogP contribution in [0, 0.1) is 24.5 Å². The Hall–Kier alpha value is -4.73. The molecule has 0 saturated heterocycles. The Kier molecular flexibility index (Phi) is 7.98. The fourth-order valence-electron chi connectivity index (χ4n) is 5.08. The molecule has 0 spiro atoms. The third-order valence-corrected chi connectivity index (χ3v) is 7.13. The number of primary amides is 1. The number of ether oxygens (including phenoxy) is 1. The number of nitrogens with zero attached hydrogens (tertiary/aromatic N) is 4. The van der Waals surface area contributed by atoms with Gasteiger partial charge in [0.2, 0.25) is 0 Å². The van der Waals surface area contributed by atoms with Crippen LogP contribution in [0.3, 0.4) is 0 Å². The van der Waals surface area contributed by atoms with Gasteiger partial charge in [0, 0.05) is 36.8 Å². The summed E-state index contributed by atoms with van der Waals surface area (Å²) in [5, 5.41) is 7.31. The standard InChI is InChI=1S/C32H34F2N6O2/c1-18(2)17-42-28-8-6-7-20(5)29(28)40-30(21-9-10-27(24(33)13-21)37-32(35)41)23-16-39(12-11-26(23)38-40)31-25(34)14-22(15-36-31)19(3)4/h6-10,13-15,18H,3,11-12,16-17H2,1-2,4-5H3,(H3,35,37,41). The Labute approximate surface area is 243 Å². The smallest absolute Gasteiger partial charge is 0.316 e. The third-order valence-electron chi connectivity index (χ3n) is 7.13. The predicted octanol–water partition coefficient (Wildman–Crippen LogP) is 6.64. The number of nitrogens with one attached hydrogen (secondary N) is 1. The van der Waals surface area contributed by atoms with Crippen LogP contribution in [-0.2, 0) is 13.0 Å². The topological polar surface area (TPSA) is 98.3 Å². The van der Waals surface area contributed by atoms with Gasteiger partial charge in [0.05, 0.1) is 23.7 Å². The van der Waals surface area contributed by atoms with E-state index in [1.54, 1.807) is 23.9 Å². The molecule has 2 aromatic heterocycles. The summed E-state index contributed by atoms with van der Waals surface area (Å²) >= 11 is 0. The SMILES string of the molecule is C=C(C)c1cnc(N2CCc3nn(-c4c(C)cccc4OCC(C)C)c(-c4ccc(NC(N)=O)c(F)c4)c3C2)c(F)c1. The molecule has 2 aromatic carbocycles. The molecule has 4 aromatic rings. The van der Waals surface area contributed by atoms with Crippen LogP contribution in [0.15, 0.2) is 55.2 Å². The highest BCUT2D eigenvalue weighted by molar-refractivity contribution is 5.88. The summed E-state index contributed by atoms with van der Waals surface area (Å²) in [7, 11) is 0. The maximum absolute atomic E-state index is 15.2. The van der Waals surface area contributed by atoms with Crippen molar-refractivity contribution in [1.29, 1.82) is 0 Å². The number of aryl methyl sites for hydroxylation is 1. The molecule has 218 valence electrons. The Bertz CT molecular complexity index is 1680. The number of pyridine rings is 1. The second-order valence-corrected chi connectivity index (χ2v) is 11.0. The van der Waals surface area contributed by atoms with Crippen LogP contribution < -0.4 is 20.7 Å². The number of nitrogens with two attached hydrogens (primary N) is 1. The number of anilines is 2. The van der Waals surface area contributed by atoms with Crippen molar-refractivity contribution in [2.45, 2.75) is 40.7 Å². The Morgan fingerprint density at radius 3 is 2.64 bits per heavy atom. The van der Waals surface area contributed by atoms with Crippen LogP contribution >= 0.6 is 0 Å². The Morgan fingerprint density at radius 2 is 1.98 bits per heavy atom. The zero-order valence-electron chi connectivity index (χ0n) is 24.2. The van der Waals surface area contributed by atoms with Crippen molar-refractivity contribution < 1.29 is 18.3 Å². The highest BCUT2D eigenvalue weighted by Crippen LogP contribution is 2.38. The van der Waals surface area contributed by atoms with E-state index in [-0.39, 0.29) is 11.5 Å². The molecule has 1 aliphatic heterocycles. The van der Waals surface area contributed by atoms with Crippen molar-refractivity contribution in [1.82, 2.24) is 14.8 Å². The highest BCUT2D eigenvalue weighted by Gasteiger charge is 2.30. The van der Waals surface area contributed by atoms with Crippen LogP contribution in [0.1, 0.15) is 43.2 Å². The van der Waals surface area contributed by atoms with Gasteiger partial charge in [-0.15, -0.1) is 0 Å². The molecule has 1 aliphatic rings. The molecule has 5 rings (SSSR count). The molecule has 3 heterocycles. The average Bonchev–Trinajstić information content (AvgIpc) is 3.30. The second-order valence-electron chi connectivity index (χ2n) is 11.0. The lowest BCUT2D eigenvalue weighted by Crippen LogP contribution is -2.31. The summed E-state index contributed by atoms with van der Waals surface area (Å²) < 4.78 is 38.5. The molecule has 0 fully saturated rings. The number of para-hydroxylation sites is 1. The fourth-order valence-corrected chi connectivity index (χ4v) is 5.08. The van der Waals surface area contributed by atoms with Gasteiger partial charge in [0.1, 0.15) is 17.3 Å². The van der Waals surface area contributed by atoms with Crippen molar-refractivity contribution in [3.8, 4) is 22.7 Å². The molecule has 10 heteroatoms. The van der Waals surface area contributed by atoms with Crippen molar-refractivity contribution in [2.75, 3.05) is 23.4 Å². The first-order valence-electron chi connectivity index (χ1n) is 13.8. The monoisotopic (exact) mass is 572 g/mol. The third kappa shape index (κ3) is 5.70. The van der Waals surface area contributed by atoms with Crippen molar-refractivity contribution in [3.05, 3.63) is 89.3 Å². The number of halogens is 2. The van der Waals surface area contributed by atoms with Crippen LogP contribution in [0.4, 0.5) is 25.1 Å². The van der Waals surface area contributed by atoms with Crippen LogP contribution in [0.25, 0.3) is 22.5 Å². The van der Waals surface area contributed by atoms with Gasteiger partial charge in [-0.3, -0.25) is 0 Å². The summed E-state index contributed by atoms with van der Waals surface area (Å²) in [4.78, 5) is 17.7. The van der Waals surface area contributed by atoms with E-state index < -0.39 is 17.7 Å². The van der Waals surface area contributed by atoms with Gasteiger partial charge in [-0.25, -0.2) is 23.2 Å². The molecule has 3 N–H and O–H groups in total. The number of aromatic nitrogens is 3. The van der Waals surface area contributed by atoms with E-state index in [0.717, 1.165) is 28.1 Å². The minimum absolute atomic E-state index is 0.0338. The number of amides is 2. The van der Waals surface area contributed by atoms with Gasteiger partial charge in [0.25, 0.3) is 0 Å². The first kappa shape index (κ1) is 28.8. The number of carbonyl (C=O) groups is 1. The van der Waals surface area contributed by atoms with Crippen LogP contribution in [0.5, 0.6) is 5.75 Å². The maximum atomic E-state index is 15.2. The quantitative estimate of drug-likeness (QED) is 0.247. The van der Waals surface area contributed by atoms with E-state index in [4.69, 9.17) is 15.6 Å². The van der Waals surface area contributed by atoms with Gasteiger partial charge < -0.3 is 20.7 Å². The molecule has 2 amide bonds. The number of fused-ring (bicyclic) bond motifs is 1. The lowest BCUT2D eigenvalue weighted by atomic mass is 9.99. The van der Waals surface area contributed by atoms with E-state index in [9.17, 15) is 4.79 Å². The first-order chi connectivity index (χ1) is 20.0. The van der Waals surface area contributed by atoms with E-state index in [0.29, 0.717) is 54.6 Å².